The van der Waals surface area contributed by atoms with Gasteiger partial charge in [0.25, 0.3) is 0 Å². The van der Waals surface area contributed by atoms with Crippen molar-refractivity contribution in [3.05, 3.63) is 70.2 Å². The van der Waals surface area contributed by atoms with E-state index in [0.29, 0.717) is 11.1 Å². The lowest BCUT2D eigenvalue weighted by Crippen LogP contribution is -2.38. The first-order valence-corrected chi connectivity index (χ1v) is 7.57. The maximum atomic E-state index is 12.5. The normalized spacial score (nSPS) is 11.9. The molecule has 0 spiro atoms. The largest absolute Gasteiger partial charge is 0.304 e. The van der Waals surface area contributed by atoms with Crippen molar-refractivity contribution in [3.63, 3.8) is 0 Å². The molecule has 2 aromatic rings. The summed E-state index contributed by atoms with van der Waals surface area (Å²) in [5, 5.41) is 0. The molecule has 1 N–H and O–H groups in total. The van der Waals surface area contributed by atoms with Crippen LogP contribution in [0.3, 0.4) is 0 Å². The number of ketones is 2. The smallest absolute Gasteiger partial charge is 0.182 e. The monoisotopic (exact) mass is 361 g/mol. The second-order valence-electron chi connectivity index (χ2n) is 4.74. The van der Waals surface area contributed by atoms with Crippen molar-refractivity contribution < 1.29 is 14.4 Å². The number of hydrogen-bond donors (Lipinski definition) is 1. The Morgan fingerprint density at radius 2 is 1.68 bits per heavy atom. The van der Waals surface area contributed by atoms with Gasteiger partial charge in [-0.1, -0.05) is 58.4 Å². The van der Waals surface area contributed by atoms with Gasteiger partial charge < -0.3 is 4.84 Å². The molecule has 114 valence electrons. The van der Waals surface area contributed by atoms with E-state index in [4.69, 9.17) is 4.84 Å². The molecule has 0 aromatic heterocycles. The van der Waals surface area contributed by atoms with Gasteiger partial charge in [0.1, 0.15) is 6.04 Å². The van der Waals surface area contributed by atoms with Crippen LogP contribution in [0.1, 0.15) is 27.1 Å². The Hall–Kier alpha value is -1.82. The van der Waals surface area contributed by atoms with E-state index >= 15 is 0 Å². The van der Waals surface area contributed by atoms with Crippen LogP contribution in [-0.2, 0) is 4.84 Å². The molecule has 0 bridgehead atoms. The lowest BCUT2D eigenvalue weighted by molar-refractivity contribution is 0.0473. The molecule has 0 saturated heterocycles. The molecule has 4 nitrogen and oxygen atoms in total. The van der Waals surface area contributed by atoms with E-state index in [0.717, 1.165) is 4.47 Å². The minimum atomic E-state index is -0.723. The maximum absolute atomic E-state index is 12.5. The second kappa shape index (κ2) is 7.98. The molecule has 0 radical (unpaired) electrons. The zero-order chi connectivity index (χ0) is 15.9. The van der Waals surface area contributed by atoms with Crippen LogP contribution in [0.5, 0.6) is 0 Å². The fraction of sp³-hybridized carbons (Fsp3) is 0.176. The highest BCUT2D eigenvalue weighted by atomic mass is 79.9. The number of carbonyl (C=O) groups excluding carboxylic acids is 2. The zero-order valence-corrected chi connectivity index (χ0v) is 13.7. The van der Waals surface area contributed by atoms with Gasteiger partial charge in [-0.15, -0.1) is 0 Å². The van der Waals surface area contributed by atoms with E-state index in [1.807, 2.05) is 6.07 Å². The Kier molecular flexibility index (Phi) is 6.00. The van der Waals surface area contributed by atoms with Gasteiger partial charge in [-0.05, 0) is 12.1 Å². The number of hydrogen-bond acceptors (Lipinski definition) is 4. The van der Waals surface area contributed by atoms with Crippen LogP contribution in [-0.4, -0.2) is 24.7 Å². The summed E-state index contributed by atoms with van der Waals surface area (Å²) in [5.74, 6) is -0.292. The van der Waals surface area contributed by atoms with Crippen LogP contribution in [0, 0.1) is 0 Å². The van der Waals surface area contributed by atoms with E-state index in [9.17, 15) is 9.59 Å². The van der Waals surface area contributed by atoms with Gasteiger partial charge in [0.15, 0.2) is 11.6 Å². The van der Waals surface area contributed by atoms with Gasteiger partial charge in [-0.2, -0.15) is 5.48 Å². The molecule has 5 heteroatoms. The third-order valence-corrected chi connectivity index (χ3v) is 3.72. The second-order valence-corrected chi connectivity index (χ2v) is 5.65. The summed E-state index contributed by atoms with van der Waals surface area (Å²) < 4.78 is 0.890. The van der Waals surface area contributed by atoms with E-state index in [1.165, 1.54) is 7.11 Å². The van der Waals surface area contributed by atoms with Gasteiger partial charge in [0.2, 0.25) is 0 Å². The molecule has 0 fully saturated rings. The van der Waals surface area contributed by atoms with E-state index in [2.05, 4.69) is 21.4 Å². The zero-order valence-electron chi connectivity index (χ0n) is 12.1. The number of carbonyl (C=O) groups is 2. The molecule has 0 aliphatic carbocycles. The van der Waals surface area contributed by atoms with Gasteiger partial charge in [-0.25, -0.2) is 0 Å². The lowest BCUT2D eigenvalue weighted by atomic mass is 9.97. The molecule has 1 unspecified atom stereocenters. The van der Waals surface area contributed by atoms with Gasteiger partial charge in [0, 0.05) is 22.0 Å². The molecule has 22 heavy (non-hydrogen) atoms. The predicted octanol–water partition coefficient (Wildman–Crippen LogP) is 3.42. The average Bonchev–Trinajstić information content (AvgIpc) is 2.55. The lowest BCUT2D eigenvalue weighted by Gasteiger charge is -2.15. The fourth-order valence-electron chi connectivity index (χ4n) is 2.07. The number of halogens is 1. The van der Waals surface area contributed by atoms with E-state index in [1.54, 1.807) is 48.5 Å². The summed E-state index contributed by atoms with van der Waals surface area (Å²) in [7, 11) is 1.43. The Morgan fingerprint density at radius 3 is 2.27 bits per heavy atom. The molecule has 2 rings (SSSR count). The van der Waals surface area contributed by atoms with Gasteiger partial charge in [0.05, 0.1) is 7.11 Å². The van der Waals surface area contributed by atoms with Crippen LogP contribution < -0.4 is 5.48 Å². The first-order valence-electron chi connectivity index (χ1n) is 6.78. The Labute approximate surface area is 137 Å². The van der Waals surface area contributed by atoms with Crippen LogP contribution in [0.15, 0.2) is 59.1 Å². The van der Waals surface area contributed by atoms with Crippen molar-refractivity contribution >= 4 is 27.5 Å². The molecule has 0 amide bonds. The summed E-state index contributed by atoms with van der Waals surface area (Å²) in [6, 6.07) is 15.2. The van der Waals surface area contributed by atoms with Crippen molar-refractivity contribution in [1.29, 1.82) is 0 Å². The van der Waals surface area contributed by atoms with Gasteiger partial charge >= 0.3 is 0 Å². The van der Waals surface area contributed by atoms with Crippen LogP contribution in [0.4, 0.5) is 0 Å². The van der Waals surface area contributed by atoms with Crippen LogP contribution >= 0.6 is 15.9 Å². The van der Waals surface area contributed by atoms with Crippen LogP contribution in [0.2, 0.25) is 0 Å². The Bertz CT molecular complexity index is 641. The number of hydroxylamine groups is 1. The van der Waals surface area contributed by atoms with Gasteiger partial charge in [-0.3, -0.25) is 9.59 Å². The quantitative estimate of drug-likeness (QED) is 0.606. The third-order valence-electron chi connectivity index (χ3n) is 3.19. The molecular weight excluding hydrogens is 346 g/mol. The summed E-state index contributed by atoms with van der Waals surface area (Å²) >= 11 is 3.33. The minimum absolute atomic E-state index is 0.0345. The molecule has 0 heterocycles. The maximum Gasteiger partial charge on any atom is 0.182 e. The highest BCUT2D eigenvalue weighted by molar-refractivity contribution is 9.10. The number of Topliss-reactive ketones (excluding diaryl/α,β-unsaturated/α-hetero) is 2. The standard InChI is InChI=1S/C17H16BrNO3/c1-22-19-15(11-16(20)12-5-3-2-4-6-12)17(21)13-7-9-14(18)10-8-13/h2-10,15,19H,11H2,1H3. The van der Waals surface area contributed by atoms with Crippen molar-refractivity contribution in [2.24, 2.45) is 0 Å². The molecule has 0 aliphatic heterocycles. The summed E-state index contributed by atoms with van der Waals surface area (Å²) in [5.41, 5.74) is 3.72. The number of benzene rings is 2. The van der Waals surface area contributed by atoms with Crippen molar-refractivity contribution in [2.75, 3.05) is 7.11 Å². The SMILES string of the molecule is CONC(CC(=O)c1ccccc1)C(=O)c1ccc(Br)cc1. The highest BCUT2D eigenvalue weighted by Gasteiger charge is 2.23. The van der Waals surface area contributed by atoms with Crippen molar-refractivity contribution in [2.45, 2.75) is 12.5 Å². The average molecular weight is 362 g/mol. The molecule has 2 aromatic carbocycles. The predicted molar refractivity (Wildman–Crippen MR) is 87.8 cm³/mol. The van der Waals surface area contributed by atoms with E-state index in [-0.39, 0.29) is 18.0 Å². The Balaban J connectivity index is 2.14. The van der Waals surface area contributed by atoms with Crippen molar-refractivity contribution in [3.8, 4) is 0 Å². The summed E-state index contributed by atoms with van der Waals surface area (Å²) in [6.07, 6.45) is 0.0345. The van der Waals surface area contributed by atoms with E-state index < -0.39 is 6.04 Å². The first-order chi connectivity index (χ1) is 10.6. The first kappa shape index (κ1) is 16.5. The topological polar surface area (TPSA) is 55.4 Å². The van der Waals surface area contributed by atoms with Crippen molar-refractivity contribution in [1.82, 2.24) is 5.48 Å². The number of nitrogens with one attached hydrogen (secondary N) is 1. The molecule has 1 atom stereocenters. The minimum Gasteiger partial charge on any atom is -0.304 e. The van der Waals surface area contributed by atoms with Crippen LogP contribution in [0.25, 0.3) is 0 Å². The highest BCUT2D eigenvalue weighted by Crippen LogP contribution is 2.14. The molecule has 0 aliphatic rings. The summed E-state index contributed by atoms with van der Waals surface area (Å²) in [6.45, 7) is 0. The molecular formula is C17H16BrNO3. The third kappa shape index (κ3) is 4.34. The summed E-state index contributed by atoms with van der Waals surface area (Å²) in [4.78, 5) is 29.6. The molecule has 0 saturated carbocycles. The Morgan fingerprint density at radius 1 is 1.05 bits per heavy atom. The fourth-order valence-corrected chi connectivity index (χ4v) is 2.34. The number of rotatable bonds is 7.